The lowest BCUT2D eigenvalue weighted by molar-refractivity contribution is -0.125. The predicted octanol–water partition coefficient (Wildman–Crippen LogP) is 0.511. The van der Waals surface area contributed by atoms with Gasteiger partial charge in [0, 0.05) is 18.5 Å². The van der Waals surface area contributed by atoms with Gasteiger partial charge in [-0.25, -0.2) is 0 Å². The Morgan fingerprint density at radius 1 is 1.50 bits per heavy atom. The fraction of sp³-hybridized carbons (Fsp3) is 0.917. The molecule has 0 aromatic heterocycles. The summed E-state index contributed by atoms with van der Waals surface area (Å²) in [5.74, 6) is 0.245. The summed E-state index contributed by atoms with van der Waals surface area (Å²) in [5, 5.41) is 15.6. The number of rotatable bonds is 6. The number of carbonyl (C=O) groups excluding carboxylic acids is 1. The van der Waals surface area contributed by atoms with Crippen molar-refractivity contribution in [3.05, 3.63) is 0 Å². The lowest BCUT2D eigenvalue weighted by Gasteiger charge is -2.30. The molecule has 1 fully saturated rings. The van der Waals surface area contributed by atoms with Crippen LogP contribution in [0, 0.1) is 11.3 Å². The summed E-state index contributed by atoms with van der Waals surface area (Å²) < 4.78 is 0. The molecule has 0 radical (unpaired) electrons. The maximum absolute atomic E-state index is 11.8. The van der Waals surface area contributed by atoms with Crippen LogP contribution in [0.1, 0.15) is 33.1 Å². The van der Waals surface area contributed by atoms with E-state index in [0.29, 0.717) is 6.54 Å². The van der Waals surface area contributed by atoms with E-state index in [0.717, 1.165) is 32.4 Å². The summed E-state index contributed by atoms with van der Waals surface area (Å²) >= 11 is 0. The number of nitrogens with one attached hydrogen (secondary N) is 2. The zero-order valence-electron chi connectivity index (χ0n) is 10.4. The summed E-state index contributed by atoms with van der Waals surface area (Å²) in [7, 11) is 0. The number of carbonyl (C=O) groups is 1. The van der Waals surface area contributed by atoms with E-state index in [2.05, 4.69) is 24.5 Å². The van der Waals surface area contributed by atoms with Crippen LogP contribution in [0.5, 0.6) is 0 Å². The molecule has 1 atom stereocenters. The van der Waals surface area contributed by atoms with Crippen molar-refractivity contribution in [1.82, 2.24) is 10.6 Å². The highest BCUT2D eigenvalue weighted by Crippen LogP contribution is 2.24. The molecule has 1 saturated heterocycles. The zero-order chi connectivity index (χ0) is 12.0. The van der Waals surface area contributed by atoms with Gasteiger partial charge < -0.3 is 15.7 Å². The Balaban J connectivity index is 2.39. The van der Waals surface area contributed by atoms with E-state index in [-0.39, 0.29) is 23.8 Å². The van der Waals surface area contributed by atoms with Gasteiger partial charge in [0.05, 0.1) is 12.5 Å². The molecule has 1 unspecified atom stereocenters. The molecule has 1 aliphatic rings. The topological polar surface area (TPSA) is 61.4 Å². The van der Waals surface area contributed by atoms with E-state index in [4.69, 9.17) is 0 Å². The summed E-state index contributed by atoms with van der Waals surface area (Å²) in [4.78, 5) is 11.8. The van der Waals surface area contributed by atoms with Gasteiger partial charge in [0.15, 0.2) is 0 Å². The van der Waals surface area contributed by atoms with E-state index in [1.807, 2.05) is 0 Å². The van der Waals surface area contributed by atoms with Crippen LogP contribution in [-0.2, 0) is 4.79 Å². The van der Waals surface area contributed by atoms with E-state index < -0.39 is 0 Å². The fourth-order valence-electron chi connectivity index (χ4n) is 2.08. The first kappa shape index (κ1) is 13.5. The molecule has 0 saturated carbocycles. The van der Waals surface area contributed by atoms with Crippen LogP contribution in [0.2, 0.25) is 0 Å². The van der Waals surface area contributed by atoms with Crippen molar-refractivity contribution in [1.29, 1.82) is 0 Å². The second kappa shape index (κ2) is 6.21. The average molecular weight is 228 g/mol. The Bertz CT molecular complexity index is 213. The highest BCUT2D eigenvalue weighted by molar-refractivity contribution is 5.79. The van der Waals surface area contributed by atoms with E-state index in [1.54, 1.807) is 0 Å². The fourth-order valence-corrected chi connectivity index (χ4v) is 2.08. The van der Waals surface area contributed by atoms with Gasteiger partial charge >= 0.3 is 0 Å². The molecule has 0 spiro atoms. The van der Waals surface area contributed by atoms with E-state index in [1.165, 1.54) is 0 Å². The summed E-state index contributed by atoms with van der Waals surface area (Å²) in [6, 6.07) is 0. The smallest absolute Gasteiger partial charge is 0.224 e. The van der Waals surface area contributed by atoms with Crippen LogP contribution in [0.25, 0.3) is 0 Å². The van der Waals surface area contributed by atoms with Crippen molar-refractivity contribution < 1.29 is 9.90 Å². The number of amides is 1. The molecule has 3 N–H and O–H groups in total. The Kier molecular flexibility index (Phi) is 5.22. The first-order valence-corrected chi connectivity index (χ1v) is 6.26. The minimum absolute atomic E-state index is 0.116. The van der Waals surface area contributed by atoms with Gasteiger partial charge in [0.2, 0.25) is 5.91 Å². The molecule has 1 amide bonds. The second-order valence-corrected chi connectivity index (χ2v) is 4.77. The third-order valence-electron chi connectivity index (χ3n) is 3.90. The molecule has 94 valence electrons. The first-order valence-electron chi connectivity index (χ1n) is 6.26. The highest BCUT2D eigenvalue weighted by Gasteiger charge is 2.28. The Labute approximate surface area is 97.8 Å². The van der Waals surface area contributed by atoms with Crippen molar-refractivity contribution in [3.63, 3.8) is 0 Å². The van der Waals surface area contributed by atoms with Crippen molar-refractivity contribution >= 4 is 5.91 Å². The van der Waals surface area contributed by atoms with Gasteiger partial charge in [0.25, 0.3) is 0 Å². The van der Waals surface area contributed by atoms with Gasteiger partial charge in [-0.1, -0.05) is 13.8 Å². The molecular weight excluding hydrogens is 204 g/mol. The SMILES string of the molecule is CCC(CC)(CO)CNC(=O)C1CCNC1. The van der Waals surface area contributed by atoms with Crippen molar-refractivity contribution in [2.45, 2.75) is 33.1 Å². The normalized spacial score (nSPS) is 21.1. The van der Waals surface area contributed by atoms with Gasteiger partial charge in [-0.3, -0.25) is 4.79 Å². The lowest BCUT2D eigenvalue weighted by atomic mass is 9.83. The van der Waals surface area contributed by atoms with Crippen LogP contribution < -0.4 is 10.6 Å². The van der Waals surface area contributed by atoms with E-state index in [9.17, 15) is 9.90 Å². The van der Waals surface area contributed by atoms with E-state index >= 15 is 0 Å². The second-order valence-electron chi connectivity index (χ2n) is 4.77. The number of hydrogen-bond donors (Lipinski definition) is 3. The Hall–Kier alpha value is -0.610. The molecular formula is C12H24N2O2. The number of aliphatic hydroxyl groups is 1. The Morgan fingerprint density at radius 3 is 2.62 bits per heavy atom. The maximum Gasteiger partial charge on any atom is 0.224 e. The van der Waals surface area contributed by atoms with Crippen LogP contribution in [0.15, 0.2) is 0 Å². The minimum atomic E-state index is -0.137. The lowest BCUT2D eigenvalue weighted by Crippen LogP contribution is -2.42. The summed E-state index contributed by atoms with van der Waals surface area (Å²) in [5.41, 5.74) is -0.137. The third-order valence-corrected chi connectivity index (χ3v) is 3.90. The van der Waals surface area contributed by atoms with Crippen LogP contribution in [-0.4, -0.2) is 37.3 Å². The maximum atomic E-state index is 11.8. The van der Waals surface area contributed by atoms with Gasteiger partial charge in [-0.15, -0.1) is 0 Å². The van der Waals surface area contributed by atoms with Crippen LogP contribution >= 0.6 is 0 Å². The van der Waals surface area contributed by atoms with Crippen molar-refractivity contribution in [2.24, 2.45) is 11.3 Å². The van der Waals surface area contributed by atoms with Crippen LogP contribution in [0.4, 0.5) is 0 Å². The van der Waals surface area contributed by atoms with Gasteiger partial charge in [-0.2, -0.15) is 0 Å². The number of hydrogen-bond acceptors (Lipinski definition) is 3. The molecule has 4 nitrogen and oxygen atoms in total. The quantitative estimate of drug-likeness (QED) is 0.621. The molecule has 1 heterocycles. The monoisotopic (exact) mass is 228 g/mol. The minimum Gasteiger partial charge on any atom is -0.396 e. The molecule has 0 aliphatic carbocycles. The van der Waals surface area contributed by atoms with Gasteiger partial charge in [-0.05, 0) is 25.8 Å². The molecule has 0 aromatic rings. The molecule has 4 heteroatoms. The largest absolute Gasteiger partial charge is 0.396 e. The summed E-state index contributed by atoms with van der Waals surface area (Å²) in [6.07, 6.45) is 2.71. The molecule has 1 aliphatic heterocycles. The third kappa shape index (κ3) is 3.19. The molecule has 16 heavy (non-hydrogen) atoms. The summed E-state index contributed by atoms with van der Waals surface area (Å²) in [6.45, 7) is 6.57. The average Bonchev–Trinajstić information content (AvgIpc) is 2.85. The first-order chi connectivity index (χ1) is 7.67. The zero-order valence-corrected chi connectivity index (χ0v) is 10.4. The standard InChI is InChI=1S/C12H24N2O2/c1-3-12(4-2,9-15)8-14-11(16)10-5-6-13-7-10/h10,13,15H,3-9H2,1-2H3,(H,14,16). The predicted molar refractivity (Wildman–Crippen MR) is 64.1 cm³/mol. The van der Waals surface area contributed by atoms with Gasteiger partial charge in [0.1, 0.15) is 0 Å². The number of aliphatic hydroxyl groups excluding tert-OH is 1. The molecule has 1 rings (SSSR count). The van der Waals surface area contributed by atoms with Crippen molar-refractivity contribution in [3.8, 4) is 0 Å². The van der Waals surface area contributed by atoms with Crippen LogP contribution in [0.3, 0.4) is 0 Å². The highest BCUT2D eigenvalue weighted by atomic mass is 16.3. The molecule has 0 aromatic carbocycles. The van der Waals surface area contributed by atoms with Crippen molar-refractivity contribution in [2.75, 3.05) is 26.2 Å². The Morgan fingerprint density at radius 2 is 2.19 bits per heavy atom. The molecule has 0 bridgehead atoms.